The van der Waals surface area contributed by atoms with E-state index in [0.717, 1.165) is 24.2 Å². The SMILES string of the molecule is CCCCSc1n[n+]2c(c(=O)[nH]1)-c1ccccc1N(C(C)=O)[C@H]2c1cccnc1. The maximum absolute atomic E-state index is 13.1. The number of rotatable bonds is 5. The van der Waals surface area contributed by atoms with Crippen LogP contribution in [0, 0.1) is 0 Å². The number of para-hydroxylation sites is 1. The van der Waals surface area contributed by atoms with Gasteiger partial charge in [0.15, 0.2) is 0 Å². The quantitative estimate of drug-likeness (QED) is 0.399. The summed E-state index contributed by atoms with van der Waals surface area (Å²) in [4.78, 5) is 34.6. The van der Waals surface area contributed by atoms with Crippen LogP contribution in [0.5, 0.6) is 0 Å². The summed E-state index contributed by atoms with van der Waals surface area (Å²) < 4.78 is 1.66. The van der Waals surface area contributed by atoms with E-state index in [0.29, 0.717) is 22.1 Å². The van der Waals surface area contributed by atoms with Crippen LogP contribution in [-0.4, -0.2) is 26.7 Å². The van der Waals surface area contributed by atoms with Gasteiger partial charge in [-0.05, 0) is 35.4 Å². The number of carbonyl (C=O) groups excluding carboxylic acids is 1. The van der Waals surface area contributed by atoms with Crippen molar-refractivity contribution in [1.82, 2.24) is 15.1 Å². The minimum Gasteiger partial charge on any atom is -0.291 e. The lowest BCUT2D eigenvalue weighted by atomic mass is 10.0. The third-order valence-corrected chi connectivity index (χ3v) is 5.77. The fourth-order valence-electron chi connectivity index (χ4n) is 3.52. The number of anilines is 1. The maximum Gasteiger partial charge on any atom is 0.325 e. The molecule has 1 N–H and O–H groups in total. The van der Waals surface area contributed by atoms with Gasteiger partial charge < -0.3 is 0 Å². The number of nitrogens with zero attached hydrogens (tertiary/aromatic N) is 4. The molecule has 1 aliphatic rings. The molecule has 1 aromatic carbocycles. The standard InChI is InChI=1S/C21H21N5O2S/c1-3-4-12-29-21-23-19(28)18-16-9-5-6-10-17(16)25(14(2)27)20(26(18)24-21)15-8-7-11-22-13-15/h5-11,13,20H,3-4,12H2,1-2H3/p+1/t20-/m1/s1. The van der Waals surface area contributed by atoms with Crippen molar-refractivity contribution in [3.8, 4) is 11.3 Å². The molecular formula is C21H22N5O2S+. The van der Waals surface area contributed by atoms with E-state index in [1.807, 2.05) is 36.4 Å². The number of thioether (sulfide) groups is 1. The number of hydrogen-bond acceptors (Lipinski definition) is 5. The molecule has 0 aliphatic carbocycles. The van der Waals surface area contributed by atoms with E-state index in [4.69, 9.17) is 5.10 Å². The predicted octanol–water partition coefficient (Wildman–Crippen LogP) is 2.93. The molecule has 29 heavy (non-hydrogen) atoms. The van der Waals surface area contributed by atoms with Gasteiger partial charge in [0.2, 0.25) is 11.1 Å². The number of H-pyrrole nitrogens is 1. The lowest BCUT2D eigenvalue weighted by Crippen LogP contribution is -2.60. The van der Waals surface area contributed by atoms with Gasteiger partial charge in [-0.25, -0.2) is 4.90 Å². The van der Waals surface area contributed by atoms with Crippen LogP contribution in [-0.2, 0) is 4.79 Å². The monoisotopic (exact) mass is 408 g/mol. The molecule has 0 spiro atoms. The summed E-state index contributed by atoms with van der Waals surface area (Å²) in [7, 11) is 0. The second kappa shape index (κ2) is 8.16. The van der Waals surface area contributed by atoms with E-state index in [9.17, 15) is 9.59 Å². The van der Waals surface area contributed by atoms with Crippen LogP contribution in [0.25, 0.3) is 11.3 Å². The Morgan fingerprint density at radius 3 is 2.83 bits per heavy atom. The first-order valence-corrected chi connectivity index (χ1v) is 10.6. The van der Waals surface area contributed by atoms with Gasteiger partial charge in [0, 0.05) is 30.2 Å². The number of benzene rings is 1. The molecule has 0 fully saturated rings. The van der Waals surface area contributed by atoms with E-state index in [-0.39, 0.29) is 11.5 Å². The zero-order chi connectivity index (χ0) is 20.4. The highest BCUT2D eigenvalue weighted by Gasteiger charge is 2.44. The molecule has 2 aromatic heterocycles. The normalized spacial score (nSPS) is 15.0. The largest absolute Gasteiger partial charge is 0.325 e. The molecule has 0 unspecified atom stereocenters. The van der Waals surface area contributed by atoms with Gasteiger partial charge in [-0.2, -0.15) is 0 Å². The maximum atomic E-state index is 13.1. The zero-order valence-electron chi connectivity index (χ0n) is 16.3. The van der Waals surface area contributed by atoms with Crippen LogP contribution in [0.4, 0.5) is 5.69 Å². The summed E-state index contributed by atoms with van der Waals surface area (Å²) in [6.45, 7) is 3.65. The number of unbranched alkanes of at least 4 members (excludes halogenated alkanes) is 1. The molecule has 1 aliphatic heterocycles. The Kier molecular flexibility index (Phi) is 5.44. The van der Waals surface area contributed by atoms with Crippen LogP contribution < -0.4 is 15.1 Å². The van der Waals surface area contributed by atoms with Crippen molar-refractivity contribution in [3.05, 3.63) is 64.7 Å². The molecule has 0 saturated heterocycles. The van der Waals surface area contributed by atoms with Crippen LogP contribution in [0.3, 0.4) is 0 Å². The molecule has 1 atom stereocenters. The van der Waals surface area contributed by atoms with Crippen LogP contribution in [0.2, 0.25) is 0 Å². The Bertz CT molecular complexity index is 1100. The third-order valence-electron chi connectivity index (χ3n) is 4.82. The number of fused-ring (bicyclic) bond motifs is 3. The minimum atomic E-state index is -0.584. The molecule has 148 valence electrons. The van der Waals surface area contributed by atoms with E-state index >= 15 is 0 Å². The van der Waals surface area contributed by atoms with Gasteiger partial charge in [-0.3, -0.25) is 19.6 Å². The Hall–Kier alpha value is -3.00. The van der Waals surface area contributed by atoms with Crippen LogP contribution in [0.15, 0.2) is 58.7 Å². The summed E-state index contributed by atoms with van der Waals surface area (Å²) in [5, 5.41) is 5.28. The molecule has 7 nitrogen and oxygen atoms in total. The average molecular weight is 409 g/mol. The van der Waals surface area contributed by atoms with Gasteiger partial charge in [0.05, 0.1) is 16.8 Å². The number of aromatic amines is 1. The summed E-state index contributed by atoms with van der Waals surface area (Å²) in [5.74, 6) is 0.732. The fraction of sp³-hybridized carbons (Fsp3) is 0.286. The lowest BCUT2D eigenvalue weighted by molar-refractivity contribution is -0.763. The molecular weight excluding hydrogens is 386 g/mol. The summed E-state index contributed by atoms with van der Waals surface area (Å²) in [5.41, 5.74) is 2.37. The smallest absolute Gasteiger partial charge is 0.291 e. The molecule has 0 saturated carbocycles. The topological polar surface area (TPSA) is 82.8 Å². The van der Waals surface area contributed by atoms with E-state index in [1.54, 1.807) is 22.0 Å². The van der Waals surface area contributed by atoms with Crippen molar-refractivity contribution in [2.75, 3.05) is 10.7 Å². The highest BCUT2D eigenvalue weighted by molar-refractivity contribution is 7.99. The van der Waals surface area contributed by atoms with E-state index in [1.165, 1.54) is 18.7 Å². The second-order valence-electron chi connectivity index (χ2n) is 6.82. The molecule has 3 heterocycles. The molecule has 1 amide bonds. The molecule has 0 bridgehead atoms. The fourth-order valence-corrected chi connectivity index (χ4v) is 4.46. The summed E-state index contributed by atoms with van der Waals surface area (Å²) in [6.07, 6.45) is 4.90. The van der Waals surface area contributed by atoms with Crippen molar-refractivity contribution in [1.29, 1.82) is 0 Å². The Labute approximate surface area is 172 Å². The number of aromatic nitrogens is 4. The van der Waals surface area contributed by atoms with Crippen molar-refractivity contribution >= 4 is 23.4 Å². The average Bonchev–Trinajstić information content (AvgIpc) is 2.73. The number of pyridine rings is 1. The molecule has 4 rings (SSSR count). The van der Waals surface area contributed by atoms with Crippen LogP contribution in [0.1, 0.15) is 38.4 Å². The Morgan fingerprint density at radius 2 is 2.10 bits per heavy atom. The van der Waals surface area contributed by atoms with E-state index in [2.05, 4.69) is 16.9 Å². The number of hydrogen-bond donors (Lipinski definition) is 1. The van der Waals surface area contributed by atoms with Crippen molar-refractivity contribution in [2.24, 2.45) is 0 Å². The highest BCUT2D eigenvalue weighted by Crippen LogP contribution is 2.36. The van der Waals surface area contributed by atoms with Gasteiger partial charge in [0.25, 0.3) is 6.17 Å². The predicted molar refractivity (Wildman–Crippen MR) is 112 cm³/mol. The number of carbonyl (C=O) groups is 1. The van der Waals surface area contributed by atoms with E-state index < -0.39 is 6.17 Å². The molecule has 0 radical (unpaired) electrons. The van der Waals surface area contributed by atoms with Gasteiger partial charge in [-0.15, -0.1) is 0 Å². The lowest BCUT2D eigenvalue weighted by Gasteiger charge is -2.31. The third kappa shape index (κ3) is 3.55. The molecule has 8 heteroatoms. The number of nitrogens with one attached hydrogen (secondary N) is 1. The van der Waals surface area contributed by atoms with Crippen molar-refractivity contribution in [3.63, 3.8) is 0 Å². The van der Waals surface area contributed by atoms with Crippen LogP contribution >= 0.6 is 11.8 Å². The Morgan fingerprint density at radius 1 is 1.28 bits per heavy atom. The van der Waals surface area contributed by atoms with Crippen molar-refractivity contribution in [2.45, 2.75) is 38.0 Å². The first-order chi connectivity index (χ1) is 14.1. The minimum absolute atomic E-state index is 0.133. The first-order valence-electron chi connectivity index (χ1n) is 9.60. The number of amides is 1. The van der Waals surface area contributed by atoms with Crippen molar-refractivity contribution < 1.29 is 9.48 Å². The zero-order valence-corrected chi connectivity index (χ0v) is 17.1. The first kappa shape index (κ1) is 19.3. The highest BCUT2D eigenvalue weighted by atomic mass is 32.2. The molecule has 3 aromatic rings. The van der Waals surface area contributed by atoms with Gasteiger partial charge >= 0.3 is 11.3 Å². The summed E-state index contributed by atoms with van der Waals surface area (Å²) >= 11 is 1.51. The Balaban J connectivity index is 1.96. The van der Waals surface area contributed by atoms with Gasteiger partial charge in [-0.1, -0.05) is 37.2 Å². The van der Waals surface area contributed by atoms with Gasteiger partial charge in [0.1, 0.15) is 0 Å². The summed E-state index contributed by atoms with van der Waals surface area (Å²) in [6, 6.07) is 11.1. The second-order valence-corrected chi connectivity index (χ2v) is 7.90.